The number of hydrogen-bond donors (Lipinski definition) is 2. The molecule has 3 N–H and O–H groups in total. The highest BCUT2D eigenvalue weighted by Gasteiger charge is 2.20. The first-order chi connectivity index (χ1) is 17.3. The molecule has 1 aliphatic rings. The number of hydrogen-bond acceptors (Lipinski definition) is 7. The smallest absolute Gasteiger partial charge is 0.254 e. The van der Waals surface area contributed by atoms with Crippen LogP contribution >= 0.6 is 11.8 Å². The average Bonchev–Trinajstić information content (AvgIpc) is 2.91. The average molecular weight is 532 g/mol. The highest BCUT2D eigenvalue weighted by Crippen LogP contribution is 2.14. The van der Waals surface area contributed by atoms with E-state index < -0.39 is 21.9 Å². The lowest BCUT2D eigenvalue weighted by atomic mass is 10.0. The Balaban J connectivity index is 1.59. The molecule has 2 atom stereocenters. The predicted molar refractivity (Wildman–Crippen MR) is 143 cm³/mol. The number of benzene rings is 2. The summed E-state index contributed by atoms with van der Waals surface area (Å²) < 4.78 is 30.5. The Morgan fingerprint density at radius 2 is 1.78 bits per heavy atom. The number of nitrogens with one attached hydrogen (secondary N) is 1. The number of morpholine rings is 1. The fourth-order valence-electron chi connectivity index (χ4n) is 3.72. The number of nitrogens with two attached hydrogens (primary N) is 1. The van der Waals surface area contributed by atoms with Crippen molar-refractivity contribution in [3.8, 4) is 0 Å². The van der Waals surface area contributed by atoms with Crippen LogP contribution < -0.4 is 11.1 Å². The number of ether oxygens (including phenoxy) is 1. The summed E-state index contributed by atoms with van der Waals surface area (Å²) in [6, 6.07) is 14.0. The standard InChI is InChI=1S/C26H33N3O5S2/c1-35-17-11-22(12-18-36(32,33)23-5-3-2-4-6-23)28-25(30)24(27)19-20-7-9-21(10-8-20)26(31)29-13-15-34-16-14-29/h2-10,12,18,22,24H,11,13-17,19,27H2,1H3,(H,28,30)/b18-12+/t22-,24-/m0/s1. The molecule has 0 bridgehead atoms. The lowest BCUT2D eigenvalue weighted by molar-refractivity contribution is -0.122. The summed E-state index contributed by atoms with van der Waals surface area (Å²) in [6.45, 7) is 2.23. The van der Waals surface area contributed by atoms with Crippen molar-refractivity contribution < 1.29 is 22.7 Å². The van der Waals surface area contributed by atoms with Gasteiger partial charge in [0, 0.05) is 30.1 Å². The van der Waals surface area contributed by atoms with Crippen molar-refractivity contribution in [2.24, 2.45) is 5.73 Å². The Hall–Kier alpha value is -2.66. The molecule has 1 heterocycles. The number of carbonyl (C=O) groups excluding carboxylic acids is 2. The van der Waals surface area contributed by atoms with Gasteiger partial charge in [0.05, 0.1) is 24.2 Å². The number of carbonyl (C=O) groups is 2. The van der Waals surface area contributed by atoms with Crippen molar-refractivity contribution in [3.63, 3.8) is 0 Å². The monoisotopic (exact) mass is 531 g/mol. The van der Waals surface area contributed by atoms with Crippen molar-refractivity contribution in [2.45, 2.75) is 29.8 Å². The fraction of sp³-hybridized carbons (Fsp3) is 0.385. The second-order valence-electron chi connectivity index (χ2n) is 8.50. The summed E-state index contributed by atoms with van der Waals surface area (Å²) in [7, 11) is -3.61. The normalized spacial score (nSPS) is 16.0. The van der Waals surface area contributed by atoms with E-state index in [0.717, 1.165) is 16.7 Å². The van der Waals surface area contributed by atoms with Gasteiger partial charge in [-0.1, -0.05) is 36.4 Å². The van der Waals surface area contributed by atoms with Crippen LogP contribution in [0.25, 0.3) is 0 Å². The molecule has 2 aromatic carbocycles. The molecule has 194 valence electrons. The zero-order valence-corrected chi connectivity index (χ0v) is 22.0. The second-order valence-corrected chi connectivity index (χ2v) is 11.3. The summed E-state index contributed by atoms with van der Waals surface area (Å²) in [5.41, 5.74) is 7.58. The summed E-state index contributed by atoms with van der Waals surface area (Å²) >= 11 is 1.61. The molecule has 1 aliphatic heterocycles. The largest absolute Gasteiger partial charge is 0.378 e. The summed E-state index contributed by atoms with van der Waals surface area (Å²) in [6.07, 6.45) is 4.32. The first kappa shape index (κ1) is 27.9. The molecule has 1 fully saturated rings. The van der Waals surface area contributed by atoms with E-state index in [1.807, 2.05) is 6.26 Å². The van der Waals surface area contributed by atoms with Gasteiger partial charge in [-0.15, -0.1) is 0 Å². The van der Waals surface area contributed by atoms with Gasteiger partial charge in [0.25, 0.3) is 5.91 Å². The Kier molecular flexibility index (Phi) is 10.5. The SMILES string of the molecule is CSCC[C@@H](/C=C/S(=O)(=O)c1ccccc1)NC(=O)[C@@H](N)Cc1ccc(C(=O)N2CCOCC2)cc1. The Morgan fingerprint density at radius 3 is 2.42 bits per heavy atom. The van der Waals surface area contributed by atoms with E-state index in [4.69, 9.17) is 10.5 Å². The van der Waals surface area contributed by atoms with Crippen molar-refractivity contribution in [2.75, 3.05) is 38.3 Å². The molecule has 0 aliphatic carbocycles. The van der Waals surface area contributed by atoms with Gasteiger partial charge in [0.2, 0.25) is 5.91 Å². The van der Waals surface area contributed by atoms with E-state index in [-0.39, 0.29) is 16.7 Å². The molecule has 10 heteroatoms. The van der Waals surface area contributed by atoms with Gasteiger partial charge in [-0.2, -0.15) is 11.8 Å². The lowest BCUT2D eigenvalue weighted by Crippen LogP contribution is -2.46. The van der Waals surface area contributed by atoms with Gasteiger partial charge >= 0.3 is 0 Å². The van der Waals surface area contributed by atoms with Gasteiger partial charge in [0.15, 0.2) is 9.84 Å². The topological polar surface area (TPSA) is 119 Å². The van der Waals surface area contributed by atoms with Gasteiger partial charge in [-0.05, 0) is 54.7 Å². The van der Waals surface area contributed by atoms with Crippen molar-refractivity contribution >= 4 is 33.4 Å². The quantitative estimate of drug-likeness (QED) is 0.457. The van der Waals surface area contributed by atoms with E-state index in [1.54, 1.807) is 59.1 Å². The second kappa shape index (κ2) is 13.6. The van der Waals surface area contributed by atoms with Crippen LogP contribution in [0.5, 0.6) is 0 Å². The van der Waals surface area contributed by atoms with Crippen molar-refractivity contribution in [1.29, 1.82) is 0 Å². The molecule has 0 radical (unpaired) electrons. The maximum atomic E-state index is 12.8. The van der Waals surface area contributed by atoms with Crippen LogP contribution in [0.4, 0.5) is 0 Å². The first-order valence-electron chi connectivity index (χ1n) is 11.8. The molecule has 0 unspecified atom stereocenters. The van der Waals surface area contributed by atoms with Crippen molar-refractivity contribution in [3.05, 3.63) is 77.2 Å². The number of amides is 2. The summed E-state index contributed by atoms with van der Waals surface area (Å²) in [5, 5.41) is 4.01. The summed E-state index contributed by atoms with van der Waals surface area (Å²) in [5.74, 6) is 0.339. The van der Waals surface area contributed by atoms with Crippen LogP contribution in [0.2, 0.25) is 0 Å². The third kappa shape index (κ3) is 8.19. The molecular formula is C26H33N3O5S2. The highest BCUT2D eigenvalue weighted by molar-refractivity contribution is 7.98. The molecule has 1 saturated heterocycles. The minimum absolute atomic E-state index is 0.0410. The highest BCUT2D eigenvalue weighted by atomic mass is 32.2. The van der Waals surface area contributed by atoms with Crippen LogP contribution in [-0.2, 0) is 25.8 Å². The van der Waals surface area contributed by atoms with Gasteiger partial charge < -0.3 is 20.7 Å². The first-order valence-corrected chi connectivity index (χ1v) is 14.7. The fourth-order valence-corrected chi connectivity index (χ4v) is 5.30. The number of nitrogens with zero attached hydrogens (tertiary/aromatic N) is 1. The minimum atomic E-state index is -3.61. The number of rotatable bonds is 11. The van der Waals surface area contributed by atoms with E-state index in [0.29, 0.717) is 44.7 Å². The molecule has 8 nitrogen and oxygen atoms in total. The van der Waals surface area contributed by atoms with Crippen molar-refractivity contribution in [1.82, 2.24) is 10.2 Å². The van der Waals surface area contributed by atoms with Gasteiger partial charge in [-0.25, -0.2) is 8.42 Å². The van der Waals surface area contributed by atoms with Gasteiger partial charge in [0.1, 0.15) is 0 Å². The Labute approximate surface area is 217 Å². The summed E-state index contributed by atoms with van der Waals surface area (Å²) in [4.78, 5) is 27.4. The third-order valence-corrected chi connectivity index (χ3v) is 7.90. The maximum absolute atomic E-state index is 12.8. The zero-order valence-electron chi connectivity index (χ0n) is 20.3. The molecule has 2 amide bonds. The Bertz CT molecular complexity index is 1130. The number of sulfone groups is 1. The van der Waals surface area contributed by atoms with E-state index in [9.17, 15) is 18.0 Å². The lowest BCUT2D eigenvalue weighted by Gasteiger charge is -2.26. The van der Waals surface area contributed by atoms with Crippen LogP contribution in [-0.4, -0.2) is 75.5 Å². The molecule has 3 rings (SSSR count). The predicted octanol–water partition coefficient (Wildman–Crippen LogP) is 2.25. The molecule has 0 aromatic heterocycles. The Morgan fingerprint density at radius 1 is 1.11 bits per heavy atom. The van der Waals surface area contributed by atoms with Gasteiger partial charge in [-0.3, -0.25) is 9.59 Å². The number of thioether (sulfide) groups is 1. The third-order valence-electron chi connectivity index (χ3n) is 5.81. The van der Waals surface area contributed by atoms with Crippen LogP contribution in [0.1, 0.15) is 22.3 Å². The molecule has 0 saturated carbocycles. The van der Waals surface area contributed by atoms with Crippen LogP contribution in [0.3, 0.4) is 0 Å². The molecular weight excluding hydrogens is 498 g/mol. The molecule has 2 aromatic rings. The molecule has 36 heavy (non-hydrogen) atoms. The van der Waals surface area contributed by atoms with E-state index >= 15 is 0 Å². The van der Waals surface area contributed by atoms with E-state index in [2.05, 4.69) is 5.32 Å². The zero-order chi connectivity index (χ0) is 26.0. The van der Waals surface area contributed by atoms with Crippen LogP contribution in [0, 0.1) is 0 Å². The van der Waals surface area contributed by atoms with E-state index in [1.165, 1.54) is 18.2 Å². The maximum Gasteiger partial charge on any atom is 0.254 e. The molecule has 0 spiro atoms. The minimum Gasteiger partial charge on any atom is -0.378 e. The van der Waals surface area contributed by atoms with Crippen LogP contribution in [0.15, 0.2) is 71.0 Å².